The van der Waals surface area contributed by atoms with Gasteiger partial charge in [0.25, 0.3) is 0 Å². The van der Waals surface area contributed by atoms with E-state index in [-0.39, 0.29) is 22.7 Å². The number of aryl methyl sites for hydroxylation is 2. The number of aromatic nitrogens is 4. The van der Waals surface area contributed by atoms with Crippen LogP contribution in [0.3, 0.4) is 0 Å². The molecule has 2 aromatic heterocycles. The van der Waals surface area contributed by atoms with Gasteiger partial charge in [-0.15, -0.1) is 10.2 Å². The van der Waals surface area contributed by atoms with Crippen molar-refractivity contribution in [3.63, 3.8) is 0 Å². The minimum atomic E-state index is -0.277. The molecule has 0 spiro atoms. The van der Waals surface area contributed by atoms with Gasteiger partial charge in [0.1, 0.15) is 0 Å². The standard InChI is InChI=1S/C23H22N4O4S/c1-14-5-7-17(11-15(14)2)26-9-10-27-21(22(26)29)24-25-23(27)32-13-18(28)16-6-8-19(30-3)20(12-16)31-4/h5-12H,13H2,1-4H3. The summed E-state index contributed by atoms with van der Waals surface area (Å²) in [7, 11) is 3.06. The number of Topliss-reactive ketones (excluding diaryl/α,β-unsaturated/α-hetero) is 1. The number of nitrogens with zero attached hydrogens (tertiary/aromatic N) is 4. The van der Waals surface area contributed by atoms with Gasteiger partial charge in [0.05, 0.1) is 20.0 Å². The summed E-state index contributed by atoms with van der Waals surface area (Å²) in [4.78, 5) is 25.6. The maximum absolute atomic E-state index is 13.0. The Hall–Kier alpha value is -3.59. The first-order valence-corrected chi connectivity index (χ1v) is 10.8. The van der Waals surface area contributed by atoms with Crippen molar-refractivity contribution >= 4 is 23.2 Å². The molecule has 0 aliphatic carbocycles. The van der Waals surface area contributed by atoms with Gasteiger partial charge in [0, 0.05) is 23.6 Å². The molecule has 0 amide bonds. The van der Waals surface area contributed by atoms with Crippen LogP contribution in [0.5, 0.6) is 11.5 Å². The molecule has 0 fully saturated rings. The Kier molecular flexibility index (Phi) is 6.00. The van der Waals surface area contributed by atoms with E-state index in [0.717, 1.165) is 16.8 Å². The molecular formula is C23H22N4O4S. The Morgan fingerprint density at radius 2 is 1.75 bits per heavy atom. The lowest BCUT2D eigenvalue weighted by Gasteiger charge is -2.09. The summed E-state index contributed by atoms with van der Waals surface area (Å²) < 4.78 is 13.6. The van der Waals surface area contributed by atoms with Crippen molar-refractivity contribution in [2.75, 3.05) is 20.0 Å². The summed E-state index contributed by atoms with van der Waals surface area (Å²) in [5.74, 6) is 1.08. The number of ketones is 1. The second-order valence-corrected chi connectivity index (χ2v) is 8.14. The zero-order chi connectivity index (χ0) is 22.8. The number of methoxy groups -OCH3 is 2. The highest BCUT2D eigenvalue weighted by atomic mass is 32.2. The van der Waals surface area contributed by atoms with E-state index in [1.54, 1.807) is 46.7 Å². The molecule has 2 heterocycles. The fourth-order valence-electron chi connectivity index (χ4n) is 3.27. The van der Waals surface area contributed by atoms with Crippen molar-refractivity contribution in [1.29, 1.82) is 0 Å². The largest absolute Gasteiger partial charge is 0.493 e. The Morgan fingerprint density at radius 3 is 2.47 bits per heavy atom. The van der Waals surface area contributed by atoms with E-state index in [1.165, 1.54) is 18.9 Å². The minimum absolute atomic E-state index is 0.101. The number of ether oxygens (including phenoxy) is 2. The van der Waals surface area contributed by atoms with E-state index in [1.807, 2.05) is 32.0 Å². The van der Waals surface area contributed by atoms with E-state index < -0.39 is 0 Å². The van der Waals surface area contributed by atoms with E-state index >= 15 is 0 Å². The van der Waals surface area contributed by atoms with Gasteiger partial charge >= 0.3 is 5.56 Å². The van der Waals surface area contributed by atoms with Gasteiger partial charge in [-0.05, 0) is 55.3 Å². The monoisotopic (exact) mass is 450 g/mol. The molecule has 0 aliphatic rings. The lowest BCUT2D eigenvalue weighted by atomic mass is 10.1. The number of carbonyl (C=O) groups excluding carboxylic acids is 1. The van der Waals surface area contributed by atoms with E-state index in [2.05, 4.69) is 10.2 Å². The number of hydrogen-bond acceptors (Lipinski definition) is 7. The normalized spacial score (nSPS) is 11.0. The molecule has 0 unspecified atom stereocenters. The number of hydrogen-bond donors (Lipinski definition) is 0. The van der Waals surface area contributed by atoms with Crippen LogP contribution in [-0.4, -0.2) is 44.9 Å². The van der Waals surface area contributed by atoms with Crippen LogP contribution in [0.15, 0.2) is 58.7 Å². The molecule has 0 saturated carbocycles. The topological polar surface area (TPSA) is 87.7 Å². The molecule has 0 atom stereocenters. The second kappa shape index (κ2) is 8.88. The molecule has 32 heavy (non-hydrogen) atoms. The van der Waals surface area contributed by atoms with Gasteiger partial charge < -0.3 is 9.47 Å². The highest BCUT2D eigenvalue weighted by molar-refractivity contribution is 7.99. The molecule has 9 heteroatoms. The Labute approximate surface area is 188 Å². The van der Waals surface area contributed by atoms with Crippen LogP contribution in [-0.2, 0) is 0 Å². The summed E-state index contributed by atoms with van der Waals surface area (Å²) in [6, 6.07) is 10.9. The molecule has 0 bridgehead atoms. The maximum Gasteiger partial charge on any atom is 0.300 e. The van der Waals surface area contributed by atoms with Crippen molar-refractivity contribution in [3.05, 3.63) is 75.8 Å². The molecule has 0 radical (unpaired) electrons. The summed E-state index contributed by atoms with van der Waals surface area (Å²) >= 11 is 1.22. The van der Waals surface area contributed by atoms with Gasteiger partial charge in [-0.1, -0.05) is 17.8 Å². The lowest BCUT2D eigenvalue weighted by molar-refractivity contribution is 0.102. The van der Waals surface area contributed by atoms with Crippen molar-refractivity contribution in [3.8, 4) is 17.2 Å². The molecule has 0 saturated heterocycles. The van der Waals surface area contributed by atoms with Crippen LogP contribution in [0, 0.1) is 13.8 Å². The number of carbonyl (C=O) groups is 1. The van der Waals surface area contributed by atoms with Gasteiger partial charge in [0.2, 0.25) is 5.65 Å². The van der Waals surface area contributed by atoms with Gasteiger partial charge in [-0.2, -0.15) is 0 Å². The molecule has 0 aliphatic heterocycles. The average Bonchev–Trinajstić information content (AvgIpc) is 3.23. The van der Waals surface area contributed by atoms with E-state index in [0.29, 0.717) is 22.2 Å². The zero-order valence-corrected chi connectivity index (χ0v) is 19.0. The SMILES string of the molecule is COc1ccc(C(=O)CSc2nnc3c(=O)n(-c4ccc(C)c(C)c4)ccn23)cc1OC. The smallest absolute Gasteiger partial charge is 0.300 e. The van der Waals surface area contributed by atoms with Gasteiger partial charge in [-0.3, -0.25) is 18.6 Å². The molecule has 164 valence electrons. The van der Waals surface area contributed by atoms with Crippen LogP contribution in [0.2, 0.25) is 0 Å². The fraction of sp³-hybridized carbons (Fsp3) is 0.217. The van der Waals surface area contributed by atoms with Gasteiger partial charge in [-0.25, -0.2) is 0 Å². The van der Waals surface area contributed by atoms with Crippen molar-refractivity contribution in [1.82, 2.24) is 19.2 Å². The maximum atomic E-state index is 13.0. The Bertz CT molecular complexity index is 1380. The summed E-state index contributed by atoms with van der Waals surface area (Å²) in [5, 5.41) is 8.64. The minimum Gasteiger partial charge on any atom is -0.493 e. The van der Waals surface area contributed by atoms with Crippen LogP contribution in [0.4, 0.5) is 0 Å². The summed E-state index contributed by atoms with van der Waals surface area (Å²) in [6.45, 7) is 4.03. The molecule has 0 N–H and O–H groups in total. The highest BCUT2D eigenvalue weighted by Crippen LogP contribution is 2.28. The zero-order valence-electron chi connectivity index (χ0n) is 18.2. The lowest BCUT2D eigenvalue weighted by Crippen LogP contribution is -2.20. The Balaban J connectivity index is 1.57. The van der Waals surface area contributed by atoms with E-state index in [4.69, 9.17) is 9.47 Å². The number of fused-ring (bicyclic) bond motifs is 1. The first-order valence-electron chi connectivity index (χ1n) is 9.85. The number of thioether (sulfide) groups is 1. The third-order valence-corrected chi connectivity index (χ3v) is 6.19. The number of benzene rings is 2. The molecule has 8 nitrogen and oxygen atoms in total. The predicted molar refractivity (Wildman–Crippen MR) is 123 cm³/mol. The molecule has 4 rings (SSSR count). The Morgan fingerprint density at radius 1 is 0.969 bits per heavy atom. The second-order valence-electron chi connectivity index (χ2n) is 7.20. The molecule has 2 aromatic carbocycles. The van der Waals surface area contributed by atoms with Crippen LogP contribution < -0.4 is 15.0 Å². The van der Waals surface area contributed by atoms with Crippen molar-refractivity contribution in [2.24, 2.45) is 0 Å². The van der Waals surface area contributed by atoms with E-state index in [9.17, 15) is 9.59 Å². The molecular weight excluding hydrogens is 428 g/mol. The third-order valence-electron chi connectivity index (χ3n) is 5.25. The summed E-state index contributed by atoms with van der Waals surface area (Å²) in [6.07, 6.45) is 3.41. The third kappa shape index (κ3) is 3.99. The first-order chi connectivity index (χ1) is 15.4. The average molecular weight is 451 g/mol. The number of rotatable bonds is 7. The van der Waals surface area contributed by atoms with Crippen LogP contribution in [0.1, 0.15) is 21.5 Å². The molecule has 4 aromatic rings. The van der Waals surface area contributed by atoms with Crippen LogP contribution in [0.25, 0.3) is 11.3 Å². The van der Waals surface area contributed by atoms with Crippen molar-refractivity contribution in [2.45, 2.75) is 19.0 Å². The predicted octanol–water partition coefficient (Wildman–Crippen LogP) is 3.49. The van der Waals surface area contributed by atoms with Crippen molar-refractivity contribution < 1.29 is 14.3 Å². The highest BCUT2D eigenvalue weighted by Gasteiger charge is 2.16. The quantitative estimate of drug-likeness (QED) is 0.315. The van der Waals surface area contributed by atoms with Crippen LogP contribution >= 0.6 is 11.8 Å². The summed E-state index contributed by atoms with van der Waals surface area (Å²) in [5.41, 5.74) is 3.44. The first kappa shape index (κ1) is 21.6. The van der Waals surface area contributed by atoms with Gasteiger partial charge in [0.15, 0.2) is 22.4 Å². The fourth-order valence-corrected chi connectivity index (χ4v) is 4.08.